The smallest absolute Gasteiger partial charge is 0.332 e. The molecule has 0 spiro atoms. The molecule has 2 atom stereocenters. The molecule has 0 aromatic heterocycles. The molecule has 6 nitrogen and oxygen atoms in total. The van der Waals surface area contributed by atoms with Crippen LogP contribution in [0.4, 0.5) is 0 Å². The Morgan fingerprint density at radius 1 is 1.53 bits per heavy atom. The standard InChI is InChI=1S/C9H15NO5/c11-6(9(13)14)3-4-10-8(12)7-2-1-5-15-7/h6-7,11H,1-5H2,(H,10,12)(H,13,14)/t6-,7-/m0/s1. The van der Waals surface area contributed by atoms with Gasteiger partial charge in [0.05, 0.1) is 0 Å². The molecule has 0 unspecified atom stereocenters. The van der Waals surface area contributed by atoms with Gasteiger partial charge in [0.25, 0.3) is 0 Å². The second kappa shape index (κ2) is 5.67. The molecule has 86 valence electrons. The molecule has 0 aromatic carbocycles. The monoisotopic (exact) mass is 217 g/mol. The fourth-order valence-electron chi connectivity index (χ4n) is 1.35. The lowest BCUT2D eigenvalue weighted by atomic mass is 10.2. The number of aliphatic hydroxyl groups is 1. The third kappa shape index (κ3) is 3.85. The molecule has 6 heteroatoms. The summed E-state index contributed by atoms with van der Waals surface area (Å²) >= 11 is 0. The number of nitrogens with one attached hydrogen (secondary N) is 1. The van der Waals surface area contributed by atoms with Crippen LogP contribution in [0.3, 0.4) is 0 Å². The summed E-state index contributed by atoms with van der Waals surface area (Å²) in [6.45, 7) is 0.738. The number of aliphatic carboxylic acids is 1. The molecule has 1 amide bonds. The first kappa shape index (κ1) is 11.9. The zero-order valence-corrected chi connectivity index (χ0v) is 8.31. The van der Waals surface area contributed by atoms with E-state index in [0.717, 1.165) is 6.42 Å². The summed E-state index contributed by atoms with van der Waals surface area (Å²) in [5, 5.41) is 19.8. The van der Waals surface area contributed by atoms with E-state index in [2.05, 4.69) is 5.32 Å². The molecule has 1 fully saturated rings. The molecule has 1 aliphatic rings. The van der Waals surface area contributed by atoms with E-state index < -0.39 is 18.2 Å². The van der Waals surface area contributed by atoms with Crippen LogP contribution in [0.15, 0.2) is 0 Å². The highest BCUT2D eigenvalue weighted by Crippen LogP contribution is 2.11. The number of ether oxygens (including phenoxy) is 1. The van der Waals surface area contributed by atoms with Gasteiger partial charge < -0.3 is 20.3 Å². The predicted octanol–water partition coefficient (Wildman–Crippen LogP) is -0.883. The largest absolute Gasteiger partial charge is 0.479 e. The van der Waals surface area contributed by atoms with Crippen LogP contribution in [0.5, 0.6) is 0 Å². The lowest BCUT2D eigenvalue weighted by molar-refractivity contribution is -0.147. The minimum Gasteiger partial charge on any atom is -0.479 e. The molecule has 1 aliphatic heterocycles. The summed E-state index contributed by atoms with van der Waals surface area (Å²) in [4.78, 5) is 21.6. The first-order chi connectivity index (χ1) is 7.11. The van der Waals surface area contributed by atoms with Gasteiger partial charge in [-0.1, -0.05) is 0 Å². The summed E-state index contributed by atoms with van der Waals surface area (Å²) in [7, 11) is 0. The molecule has 1 rings (SSSR count). The Balaban J connectivity index is 2.14. The molecule has 3 N–H and O–H groups in total. The van der Waals surface area contributed by atoms with Crippen molar-refractivity contribution in [2.75, 3.05) is 13.2 Å². The number of hydrogen-bond acceptors (Lipinski definition) is 4. The highest BCUT2D eigenvalue weighted by Gasteiger charge is 2.23. The highest BCUT2D eigenvalue weighted by molar-refractivity contribution is 5.81. The first-order valence-electron chi connectivity index (χ1n) is 4.91. The summed E-state index contributed by atoms with van der Waals surface area (Å²) in [6.07, 6.45) is -0.251. The molecular weight excluding hydrogens is 202 g/mol. The van der Waals surface area contributed by atoms with Crippen molar-refractivity contribution in [3.05, 3.63) is 0 Å². The number of carboxylic acid groups (broad SMARTS) is 1. The topological polar surface area (TPSA) is 95.9 Å². The number of amides is 1. The van der Waals surface area contributed by atoms with Gasteiger partial charge in [0.2, 0.25) is 5.91 Å². The number of rotatable bonds is 5. The fraction of sp³-hybridized carbons (Fsp3) is 0.778. The zero-order chi connectivity index (χ0) is 11.3. The van der Waals surface area contributed by atoms with Gasteiger partial charge in [-0.2, -0.15) is 0 Å². The molecule has 0 radical (unpaired) electrons. The third-order valence-electron chi connectivity index (χ3n) is 2.22. The van der Waals surface area contributed by atoms with Crippen molar-refractivity contribution in [2.45, 2.75) is 31.5 Å². The van der Waals surface area contributed by atoms with Crippen LogP contribution in [0, 0.1) is 0 Å². The van der Waals surface area contributed by atoms with E-state index in [1.165, 1.54) is 0 Å². The highest BCUT2D eigenvalue weighted by atomic mass is 16.5. The Morgan fingerprint density at radius 3 is 2.80 bits per heavy atom. The van der Waals surface area contributed by atoms with Crippen LogP contribution in [-0.2, 0) is 14.3 Å². The molecule has 0 bridgehead atoms. The van der Waals surface area contributed by atoms with Crippen molar-refractivity contribution in [3.63, 3.8) is 0 Å². The van der Waals surface area contributed by atoms with Crippen LogP contribution < -0.4 is 5.32 Å². The Kier molecular flexibility index (Phi) is 4.51. The SMILES string of the molecule is O=C(NCC[C@H](O)C(=O)O)[C@@H]1CCCO1. The average molecular weight is 217 g/mol. The van der Waals surface area contributed by atoms with E-state index in [1.807, 2.05) is 0 Å². The number of aliphatic hydroxyl groups excluding tert-OH is 1. The molecule has 1 saturated heterocycles. The van der Waals surface area contributed by atoms with E-state index >= 15 is 0 Å². The molecular formula is C9H15NO5. The molecule has 15 heavy (non-hydrogen) atoms. The maximum Gasteiger partial charge on any atom is 0.332 e. The van der Waals surface area contributed by atoms with E-state index in [1.54, 1.807) is 0 Å². The molecule has 1 heterocycles. The van der Waals surface area contributed by atoms with Gasteiger partial charge in [0.15, 0.2) is 6.10 Å². The number of hydrogen-bond donors (Lipinski definition) is 3. The van der Waals surface area contributed by atoms with Crippen molar-refractivity contribution >= 4 is 11.9 Å². The maximum atomic E-state index is 11.3. The molecule has 0 saturated carbocycles. The second-order valence-electron chi connectivity index (χ2n) is 3.44. The van der Waals surface area contributed by atoms with Crippen molar-refractivity contribution in [3.8, 4) is 0 Å². The number of carboxylic acids is 1. The normalized spacial score (nSPS) is 22.3. The second-order valence-corrected chi connectivity index (χ2v) is 3.44. The number of carbonyl (C=O) groups is 2. The Morgan fingerprint density at radius 2 is 2.27 bits per heavy atom. The summed E-state index contributed by atoms with van der Waals surface area (Å²) in [5.41, 5.74) is 0. The third-order valence-corrected chi connectivity index (χ3v) is 2.22. The average Bonchev–Trinajstić information content (AvgIpc) is 2.70. The van der Waals surface area contributed by atoms with Gasteiger partial charge in [-0.15, -0.1) is 0 Å². The molecule has 0 aromatic rings. The van der Waals surface area contributed by atoms with Gasteiger partial charge in [0.1, 0.15) is 6.10 Å². The summed E-state index contributed by atoms with van der Waals surface area (Å²) < 4.78 is 5.13. The van der Waals surface area contributed by atoms with Crippen LogP contribution in [-0.4, -0.2) is 47.4 Å². The van der Waals surface area contributed by atoms with Crippen LogP contribution >= 0.6 is 0 Å². The van der Waals surface area contributed by atoms with Crippen LogP contribution in [0.25, 0.3) is 0 Å². The van der Waals surface area contributed by atoms with Crippen molar-refractivity contribution in [1.29, 1.82) is 0 Å². The lowest BCUT2D eigenvalue weighted by Crippen LogP contribution is -2.36. The zero-order valence-electron chi connectivity index (χ0n) is 8.31. The van der Waals surface area contributed by atoms with Crippen LogP contribution in [0.1, 0.15) is 19.3 Å². The minimum absolute atomic E-state index is 0.00773. The fourth-order valence-corrected chi connectivity index (χ4v) is 1.35. The predicted molar refractivity (Wildman–Crippen MR) is 50.2 cm³/mol. The minimum atomic E-state index is -1.42. The van der Waals surface area contributed by atoms with E-state index in [4.69, 9.17) is 14.9 Å². The molecule has 0 aliphatic carbocycles. The van der Waals surface area contributed by atoms with E-state index in [0.29, 0.717) is 13.0 Å². The van der Waals surface area contributed by atoms with E-state index in [9.17, 15) is 9.59 Å². The van der Waals surface area contributed by atoms with Gasteiger partial charge in [0, 0.05) is 19.6 Å². The van der Waals surface area contributed by atoms with Crippen molar-refractivity contribution in [1.82, 2.24) is 5.32 Å². The lowest BCUT2D eigenvalue weighted by Gasteiger charge is -2.11. The van der Waals surface area contributed by atoms with Gasteiger partial charge in [-0.3, -0.25) is 4.79 Å². The summed E-state index contributed by atoms with van der Waals surface area (Å²) in [6, 6.07) is 0. The van der Waals surface area contributed by atoms with Crippen molar-refractivity contribution < 1.29 is 24.5 Å². The van der Waals surface area contributed by atoms with Gasteiger partial charge >= 0.3 is 5.97 Å². The first-order valence-corrected chi connectivity index (χ1v) is 4.91. The van der Waals surface area contributed by atoms with E-state index in [-0.39, 0.29) is 18.9 Å². The maximum absolute atomic E-state index is 11.3. The Hall–Kier alpha value is -1.14. The summed E-state index contributed by atoms with van der Waals surface area (Å²) in [5.74, 6) is -1.51. The van der Waals surface area contributed by atoms with Gasteiger partial charge in [-0.05, 0) is 12.8 Å². The van der Waals surface area contributed by atoms with Gasteiger partial charge in [-0.25, -0.2) is 4.79 Å². The van der Waals surface area contributed by atoms with Crippen LogP contribution in [0.2, 0.25) is 0 Å². The quantitative estimate of drug-likeness (QED) is 0.555. The van der Waals surface area contributed by atoms with Crippen molar-refractivity contribution in [2.24, 2.45) is 0 Å². The number of carbonyl (C=O) groups excluding carboxylic acids is 1. The Labute approximate surface area is 87.2 Å². The Bertz CT molecular complexity index is 237.